The Hall–Kier alpha value is -1.64. The van der Waals surface area contributed by atoms with Gasteiger partial charge in [0.2, 0.25) is 0 Å². The van der Waals surface area contributed by atoms with Crippen LogP contribution < -0.4 is 5.32 Å². The first-order valence-corrected chi connectivity index (χ1v) is 8.75. The number of hydrogen-bond donors (Lipinski definition) is 2. The molecule has 1 aliphatic rings. The van der Waals surface area contributed by atoms with E-state index >= 15 is 0 Å². The van der Waals surface area contributed by atoms with E-state index in [2.05, 4.69) is 59.9 Å². The quantitative estimate of drug-likeness (QED) is 0.853. The molecular formula is C21H27NO. The molecule has 3 unspecified atom stereocenters. The van der Waals surface area contributed by atoms with Gasteiger partial charge in [-0.1, -0.05) is 54.6 Å². The second-order valence-electron chi connectivity index (χ2n) is 6.81. The summed E-state index contributed by atoms with van der Waals surface area (Å²) in [5.74, 6) is 0.369. The van der Waals surface area contributed by atoms with Gasteiger partial charge < -0.3 is 10.4 Å². The highest BCUT2D eigenvalue weighted by molar-refractivity contribution is 5.30. The summed E-state index contributed by atoms with van der Waals surface area (Å²) in [6.07, 6.45) is 4.02. The molecule has 1 aliphatic carbocycles. The maximum absolute atomic E-state index is 9.82. The molecule has 2 heteroatoms. The van der Waals surface area contributed by atoms with Crippen LogP contribution in [0.5, 0.6) is 0 Å². The Morgan fingerprint density at radius 1 is 1.04 bits per heavy atom. The Labute approximate surface area is 139 Å². The van der Waals surface area contributed by atoms with E-state index in [9.17, 15) is 5.11 Å². The normalized spacial score (nSPS) is 19.8. The monoisotopic (exact) mass is 309 g/mol. The fourth-order valence-corrected chi connectivity index (χ4v) is 3.66. The highest BCUT2D eigenvalue weighted by Crippen LogP contribution is 2.24. The van der Waals surface area contributed by atoms with Gasteiger partial charge in [0, 0.05) is 12.6 Å². The number of nitrogens with one attached hydrogen (secondary N) is 1. The summed E-state index contributed by atoms with van der Waals surface area (Å²) in [7, 11) is 0. The smallest absolute Gasteiger partial charge is 0.0518 e. The van der Waals surface area contributed by atoms with Crippen molar-refractivity contribution in [3.05, 3.63) is 71.3 Å². The number of benzene rings is 2. The van der Waals surface area contributed by atoms with Crippen molar-refractivity contribution in [3.8, 4) is 0 Å². The summed E-state index contributed by atoms with van der Waals surface area (Å²) in [5.41, 5.74) is 4.31. The molecule has 0 radical (unpaired) electrons. The van der Waals surface area contributed by atoms with E-state index in [1.807, 2.05) is 6.92 Å². The van der Waals surface area contributed by atoms with Gasteiger partial charge in [0.1, 0.15) is 0 Å². The highest BCUT2D eigenvalue weighted by Gasteiger charge is 2.20. The Balaban J connectivity index is 1.61. The number of rotatable bonds is 6. The summed E-state index contributed by atoms with van der Waals surface area (Å²) in [5, 5.41) is 13.6. The van der Waals surface area contributed by atoms with Crippen molar-refractivity contribution in [1.29, 1.82) is 0 Å². The van der Waals surface area contributed by atoms with Crippen LogP contribution in [0.4, 0.5) is 0 Å². The largest absolute Gasteiger partial charge is 0.393 e. The molecule has 0 saturated carbocycles. The van der Waals surface area contributed by atoms with Crippen molar-refractivity contribution in [2.75, 3.05) is 6.54 Å². The summed E-state index contributed by atoms with van der Waals surface area (Å²) in [6.45, 7) is 2.81. The molecular weight excluding hydrogens is 282 g/mol. The molecule has 0 aliphatic heterocycles. The van der Waals surface area contributed by atoms with Gasteiger partial charge in [-0.05, 0) is 55.2 Å². The fraction of sp³-hybridized carbons (Fsp3) is 0.429. The first-order valence-electron chi connectivity index (χ1n) is 8.75. The molecule has 0 heterocycles. The molecule has 2 aromatic rings. The lowest BCUT2D eigenvalue weighted by atomic mass is 9.87. The molecule has 23 heavy (non-hydrogen) atoms. The molecule has 0 bridgehead atoms. The highest BCUT2D eigenvalue weighted by atomic mass is 16.3. The fourth-order valence-electron chi connectivity index (χ4n) is 3.66. The zero-order valence-electron chi connectivity index (χ0n) is 13.9. The van der Waals surface area contributed by atoms with Gasteiger partial charge in [0.25, 0.3) is 0 Å². The standard InChI is InChI=1S/C21H27NO/c1-16(23)13-20(17-7-3-2-4-8-17)15-22-21-12-11-18-9-5-6-10-19(18)14-21/h2-10,16,20-23H,11-15H2,1H3. The summed E-state index contributed by atoms with van der Waals surface area (Å²) in [6, 6.07) is 19.9. The Morgan fingerprint density at radius 2 is 1.74 bits per heavy atom. The van der Waals surface area contributed by atoms with Crippen molar-refractivity contribution >= 4 is 0 Å². The lowest BCUT2D eigenvalue weighted by Crippen LogP contribution is -2.37. The third-order valence-electron chi connectivity index (χ3n) is 4.90. The lowest BCUT2D eigenvalue weighted by Gasteiger charge is -2.28. The third kappa shape index (κ3) is 4.43. The predicted molar refractivity (Wildman–Crippen MR) is 95.7 cm³/mol. The average Bonchev–Trinajstić information content (AvgIpc) is 2.59. The van der Waals surface area contributed by atoms with Crippen LogP contribution in [0, 0.1) is 0 Å². The van der Waals surface area contributed by atoms with Gasteiger partial charge >= 0.3 is 0 Å². The molecule has 0 amide bonds. The van der Waals surface area contributed by atoms with E-state index in [1.54, 1.807) is 0 Å². The molecule has 3 rings (SSSR count). The van der Waals surface area contributed by atoms with E-state index in [0.717, 1.165) is 19.4 Å². The van der Waals surface area contributed by atoms with Gasteiger partial charge in [-0.15, -0.1) is 0 Å². The number of hydrogen-bond acceptors (Lipinski definition) is 2. The van der Waals surface area contributed by atoms with Gasteiger partial charge in [0.15, 0.2) is 0 Å². The minimum absolute atomic E-state index is 0.269. The first-order chi connectivity index (χ1) is 11.2. The van der Waals surface area contributed by atoms with Crippen molar-refractivity contribution in [1.82, 2.24) is 5.32 Å². The van der Waals surface area contributed by atoms with Crippen molar-refractivity contribution in [3.63, 3.8) is 0 Å². The number of aliphatic hydroxyl groups excluding tert-OH is 1. The van der Waals surface area contributed by atoms with Gasteiger partial charge in [-0.2, -0.15) is 0 Å². The van der Waals surface area contributed by atoms with E-state index in [1.165, 1.54) is 29.5 Å². The van der Waals surface area contributed by atoms with Gasteiger partial charge in [-0.25, -0.2) is 0 Å². The zero-order valence-corrected chi connectivity index (χ0v) is 13.9. The van der Waals surface area contributed by atoms with E-state index in [-0.39, 0.29) is 6.10 Å². The van der Waals surface area contributed by atoms with Crippen LogP contribution in [0.2, 0.25) is 0 Å². The SMILES string of the molecule is CC(O)CC(CNC1CCc2ccccc2C1)c1ccccc1. The third-order valence-corrected chi connectivity index (χ3v) is 4.90. The zero-order chi connectivity index (χ0) is 16.1. The second-order valence-corrected chi connectivity index (χ2v) is 6.81. The molecule has 0 saturated heterocycles. The molecule has 122 valence electrons. The number of aliphatic hydroxyl groups is 1. The summed E-state index contributed by atoms with van der Waals surface area (Å²) < 4.78 is 0. The molecule has 0 fully saturated rings. The molecule has 3 atom stereocenters. The Bertz CT molecular complexity index is 608. The average molecular weight is 309 g/mol. The lowest BCUT2D eigenvalue weighted by molar-refractivity contribution is 0.172. The maximum atomic E-state index is 9.82. The molecule has 2 N–H and O–H groups in total. The van der Waals surface area contributed by atoms with Gasteiger partial charge in [0.05, 0.1) is 6.10 Å². The topological polar surface area (TPSA) is 32.3 Å². The van der Waals surface area contributed by atoms with Crippen LogP contribution >= 0.6 is 0 Å². The number of aryl methyl sites for hydroxylation is 1. The predicted octanol–water partition coefficient (Wildman–Crippen LogP) is 3.69. The molecule has 0 aromatic heterocycles. The summed E-state index contributed by atoms with van der Waals surface area (Å²) >= 11 is 0. The van der Waals surface area contributed by atoms with Gasteiger partial charge in [-0.3, -0.25) is 0 Å². The minimum atomic E-state index is -0.269. The second kappa shape index (κ2) is 7.76. The van der Waals surface area contributed by atoms with E-state index in [0.29, 0.717) is 12.0 Å². The first kappa shape index (κ1) is 16.2. The van der Waals surface area contributed by atoms with Crippen molar-refractivity contribution in [2.45, 2.75) is 50.7 Å². The van der Waals surface area contributed by atoms with Crippen LogP contribution in [0.15, 0.2) is 54.6 Å². The Kier molecular flexibility index (Phi) is 5.47. The van der Waals surface area contributed by atoms with Crippen LogP contribution in [0.1, 0.15) is 42.4 Å². The van der Waals surface area contributed by atoms with Crippen molar-refractivity contribution in [2.24, 2.45) is 0 Å². The van der Waals surface area contributed by atoms with E-state index < -0.39 is 0 Å². The summed E-state index contributed by atoms with van der Waals surface area (Å²) in [4.78, 5) is 0. The van der Waals surface area contributed by atoms with Crippen LogP contribution in [0.25, 0.3) is 0 Å². The van der Waals surface area contributed by atoms with Crippen LogP contribution in [0.3, 0.4) is 0 Å². The van der Waals surface area contributed by atoms with Crippen LogP contribution in [-0.4, -0.2) is 23.8 Å². The minimum Gasteiger partial charge on any atom is -0.393 e. The Morgan fingerprint density at radius 3 is 2.48 bits per heavy atom. The molecule has 2 aromatic carbocycles. The van der Waals surface area contributed by atoms with E-state index in [4.69, 9.17) is 0 Å². The maximum Gasteiger partial charge on any atom is 0.0518 e. The molecule has 0 spiro atoms. The van der Waals surface area contributed by atoms with Crippen molar-refractivity contribution < 1.29 is 5.11 Å². The number of fused-ring (bicyclic) bond motifs is 1. The van der Waals surface area contributed by atoms with Crippen LogP contribution in [-0.2, 0) is 12.8 Å². The molecule has 2 nitrogen and oxygen atoms in total.